The molecule has 29 heavy (non-hydrogen) atoms. The summed E-state index contributed by atoms with van der Waals surface area (Å²) < 4.78 is 42.5. The Bertz CT molecular complexity index is 1030. The summed E-state index contributed by atoms with van der Waals surface area (Å²) in [6.07, 6.45) is 0.308. The van der Waals surface area contributed by atoms with Crippen molar-refractivity contribution < 1.29 is 22.7 Å². The first kappa shape index (κ1) is 19.2. The molecule has 0 aromatic carbocycles. The van der Waals surface area contributed by atoms with Gasteiger partial charge in [0.25, 0.3) is 0 Å². The highest BCUT2D eigenvalue weighted by molar-refractivity contribution is 6.09. The van der Waals surface area contributed by atoms with Gasteiger partial charge < -0.3 is 14.5 Å². The SMILES string of the molecule is CN(CC(F)(F)F)C(=O)OC1CCN(c2cn[nH]c3cnc4nccc4c23)CC1. The lowest BCUT2D eigenvalue weighted by Crippen LogP contribution is -2.42. The second-order valence-electron chi connectivity index (χ2n) is 7.03. The van der Waals surface area contributed by atoms with Crippen LogP contribution in [0.25, 0.3) is 21.9 Å². The molecule has 3 aromatic rings. The Balaban J connectivity index is 1.45. The molecule has 0 bridgehead atoms. The van der Waals surface area contributed by atoms with Crippen LogP contribution in [-0.4, -0.2) is 70.1 Å². The highest BCUT2D eigenvalue weighted by Crippen LogP contribution is 2.32. The van der Waals surface area contributed by atoms with Crippen LogP contribution in [0.4, 0.5) is 23.7 Å². The lowest BCUT2D eigenvalue weighted by Gasteiger charge is -2.34. The zero-order chi connectivity index (χ0) is 20.6. The van der Waals surface area contributed by atoms with Gasteiger partial charge in [-0.1, -0.05) is 0 Å². The molecule has 11 heteroatoms. The Kier molecular flexibility index (Phi) is 4.89. The van der Waals surface area contributed by atoms with Crippen molar-refractivity contribution in [1.82, 2.24) is 25.1 Å². The molecule has 0 radical (unpaired) electrons. The van der Waals surface area contributed by atoms with E-state index >= 15 is 0 Å². The van der Waals surface area contributed by atoms with Crippen LogP contribution < -0.4 is 4.90 Å². The Morgan fingerprint density at radius 1 is 1.31 bits per heavy atom. The van der Waals surface area contributed by atoms with Gasteiger partial charge in [0.15, 0.2) is 5.65 Å². The van der Waals surface area contributed by atoms with Gasteiger partial charge in [0, 0.05) is 49.9 Å². The van der Waals surface area contributed by atoms with Crippen molar-refractivity contribution in [1.29, 1.82) is 0 Å². The number of nitrogens with one attached hydrogen (secondary N) is 1. The number of anilines is 1. The summed E-state index contributed by atoms with van der Waals surface area (Å²) in [4.78, 5) is 23.1. The molecule has 0 spiro atoms. The third kappa shape index (κ3) is 4.03. The van der Waals surface area contributed by atoms with Crippen LogP contribution in [0.5, 0.6) is 0 Å². The molecular weight excluding hydrogens is 389 g/mol. The molecule has 8 nitrogen and oxygen atoms in total. The summed E-state index contributed by atoms with van der Waals surface area (Å²) in [5, 5.41) is 9.00. The number of fused-ring (bicyclic) bond motifs is 3. The summed E-state index contributed by atoms with van der Waals surface area (Å²) in [5.74, 6) is 0. The van der Waals surface area contributed by atoms with E-state index in [1.54, 1.807) is 18.6 Å². The fourth-order valence-corrected chi connectivity index (χ4v) is 3.57. The van der Waals surface area contributed by atoms with Gasteiger partial charge in [-0.3, -0.25) is 5.10 Å². The molecule has 3 aromatic heterocycles. The van der Waals surface area contributed by atoms with Gasteiger partial charge in [0.2, 0.25) is 0 Å². The molecule has 4 rings (SSSR count). The van der Waals surface area contributed by atoms with E-state index < -0.39 is 24.9 Å². The topological polar surface area (TPSA) is 87.2 Å². The lowest BCUT2D eigenvalue weighted by atomic mass is 10.1. The Labute approximate surface area is 163 Å². The molecule has 154 valence electrons. The maximum atomic E-state index is 12.4. The van der Waals surface area contributed by atoms with E-state index in [0.29, 0.717) is 36.5 Å². The summed E-state index contributed by atoms with van der Waals surface area (Å²) in [5.41, 5.74) is 2.35. The molecule has 1 N–H and O–H groups in total. The number of alkyl halides is 3. The zero-order valence-corrected chi connectivity index (χ0v) is 15.6. The quantitative estimate of drug-likeness (QED) is 0.717. The molecule has 0 aliphatic carbocycles. The van der Waals surface area contributed by atoms with Gasteiger partial charge >= 0.3 is 12.3 Å². The maximum absolute atomic E-state index is 12.4. The second-order valence-corrected chi connectivity index (χ2v) is 7.03. The number of hydrogen-bond donors (Lipinski definition) is 1. The molecule has 1 amide bonds. The minimum Gasteiger partial charge on any atom is -0.446 e. The predicted octanol–water partition coefficient (Wildman–Crippen LogP) is 3.11. The number of halogens is 3. The van der Waals surface area contributed by atoms with E-state index in [4.69, 9.17) is 4.74 Å². The Morgan fingerprint density at radius 2 is 2.07 bits per heavy atom. The molecule has 1 aliphatic rings. The lowest BCUT2D eigenvalue weighted by molar-refractivity contribution is -0.141. The van der Waals surface area contributed by atoms with E-state index in [0.717, 1.165) is 29.0 Å². The number of aromatic amines is 1. The van der Waals surface area contributed by atoms with E-state index in [1.165, 1.54) is 0 Å². The van der Waals surface area contributed by atoms with Crippen molar-refractivity contribution in [2.24, 2.45) is 0 Å². The third-order valence-corrected chi connectivity index (χ3v) is 4.94. The van der Waals surface area contributed by atoms with E-state index in [-0.39, 0.29) is 0 Å². The summed E-state index contributed by atoms with van der Waals surface area (Å²) >= 11 is 0. The summed E-state index contributed by atoms with van der Waals surface area (Å²) in [7, 11) is 1.08. The minimum atomic E-state index is -4.45. The number of piperidine rings is 1. The number of carbonyl (C=O) groups is 1. The average molecular weight is 408 g/mol. The number of pyridine rings is 1. The normalized spacial score (nSPS) is 15.8. The first-order chi connectivity index (χ1) is 13.8. The number of nitrogens with zero attached hydrogens (tertiary/aromatic N) is 5. The zero-order valence-electron chi connectivity index (χ0n) is 15.6. The second kappa shape index (κ2) is 7.37. The van der Waals surface area contributed by atoms with Gasteiger partial charge in [0.1, 0.15) is 12.6 Å². The van der Waals surface area contributed by atoms with Gasteiger partial charge in [-0.2, -0.15) is 18.3 Å². The molecule has 0 atom stereocenters. The van der Waals surface area contributed by atoms with Crippen LogP contribution in [0.1, 0.15) is 12.8 Å². The van der Waals surface area contributed by atoms with Gasteiger partial charge in [-0.15, -0.1) is 0 Å². The maximum Gasteiger partial charge on any atom is 0.410 e. The van der Waals surface area contributed by atoms with Crippen LogP contribution in [0.2, 0.25) is 0 Å². The van der Waals surface area contributed by atoms with Crippen molar-refractivity contribution in [3.63, 3.8) is 0 Å². The molecular formula is C18H19F3N6O2. The molecule has 1 fully saturated rings. The number of hydrogen-bond acceptors (Lipinski definition) is 6. The Hall–Kier alpha value is -3.11. The van der Waals surface area contributed by atoms with Gasteiger partial charge in [0.05, 0.1) is 23.6 Å². The molecule has 1 saturated heterocycles. The highest BCUT2D eigenvalue weighted by Gasteiger charge is 2.33. The fraction of sp³-hybridized carbons (Fsp3) is 0.444. The number of aromatic nitrogens is 4. The van der Waals surface area contributed by atoms with E-state index in [2.05, 4.69) is 25.1 Å². The van der Waals surface area contributed by atoms with Crippen molar-refractivity contribution in [2.45, 2.75) is 25.1 Å². The van der Waals surface area contributed by atoms with Crippen LogP contribution in [0, 0.1) is 0 Å². The van der Waals surface area contributed by atoms with Crippen LogP contribution in [0.15, 0.2) is 24.7 Å². The van der Waals surface area contributed by atoms with Gasteiger partial charge in [-0.25, -0.2) is 14.8 Å². The van der Waals surface area contributed by atoms with Crippen molar-refractivity contribution in [3.05, 3.63) is 24.7 Å². The monoisotopic (exact) mass is 408 g/mol. The average Bonchev–Trinajstić information content (AvgIpc) is 3.16. The standard InChI is InChI=1S/C18H19F3N6O2/c1-26(10-18(19,20)21)17(28)29-11-3-6-27(7-4-11)14-9-24-25-13-8-23-16-12(15(13)14)2-5-22-16/h2,5,8-9,11,25H,3-4,6-7,10H2,1H3. The van der Waals surface area contributed by atoms with E-state index in [1.807, 2.05) is 6.07 Å². The summed E-state index contributed by atoms with van der Waals surface area (Å²) in [6.45, 7) is -0.167. The smallest absolute Gasteiger partial charge is 0.410 e. The fourth-order valence-electron chi connectivity index (χ4n) is 3.57. The first-order valence-corrected chi connectivity index (χ1v) is 9.12. The number of carbonyl (C=O) groups excluding carboxylic acids is 1. The molecule has 4 heterocycles. The minimum absolute atomic E-state index is 0.425. The number of rotatable bonds is 3. The first-order valence-electron chi connectivity index (χ1n) is 9.12. The van der Waals surface area contributed by atoms with Crippen LogP contribution in [0.3, 0.4) is 0 Å². The number of H-pyrrole nitrogens is 1. The summed E-state index contributed by atoms with van der Waals surface area (Å²) in [6, 6.07) is 1.90. The third-order valence-electron chi connectivity index (χ3n) is 4.94. The largest absolute Gasteiger partial charge is 0.446 e. The number of ether oxygens (including phenoxy) is 1. The van der Waals surface area contributed by atoms with E-state index in [9.17, 15) is 18.0 Å². The van der Waals surface area contributed by atoms with Crippen molar-refractivity contribution in [2.75, 3.05) is 31.6 Å². The molecule has 0 unspecified atom stereocenters. The van der Waals surface area contributed by atoms with Crippen molar-refractivity contribution >= 4 is 33.7 Å². The molecule has 0 saturated carbocycles. The van der Waals surface area contributed by atoms with Crippen LogP contribution >= 0.6 is 0 Å². The van der Waals surface area contributed by atoms with Crippen LogP contribution in [-0.2, 0) is 4.74 Å². The van der Waals surface area contributed by atoms with Crippen molar-refractivity contribution in [3.8, 4) is 0 Å². The molecule has 1 aliphatic heterocycles. The predicted molar refractivity (Wildman–Crippen MR) is 99.6 cm³/mol. The Morgan fingerprint density at radius 3 is 2.79 bits per heavy atom. The van der Waals surface area contributed by atoms with Gasteiger partial charge in [-0.05, 0) is 6.07 Å². The highest BCUT2D eigenvalue weighted by atomic mass is 19.4. The number of amides is 1.